The maximum absolute atomic E-state index is 12.8. The summed E-state index contributed by atoms with van der Waals surface area (Å²) in [6.45, 7) is 0.167. The van der Waals surface area contributed by atoms with Crippen molar-refractivity contribution in [2.24, 2.45) is 5.10 Å². The van der Waals surface area contributed by atoms with E-state index in [1.54, 1.807) is 17.4 Å². The summed E-state index contributed by atoms with van der Waals surface area (Å²) in [5.74, 6) is -0.494. The van der Waals surface area contributed by atoms with Crippen LogP contribution in [0.25, 0.3) is 0 Å². The summed E-state index contributed by atoms with van der Waals surface area (Å²) in [5, 5.41) is 10.4. The molecule has 0 spiro atoms. The van der Waals surface area contributed by atoms with Gasteiger partial charge < -0.3 is 5.32 Å². The molecule has 0 radical (unpaired) electrons. The predicted octanol–water partition coefficient (Wildman–Crippen LogP) is 2.82. The van der Waals surface area contributed by atoms with Gasteiger partial charge in [0.25, 0.3) is 5.91 Å². The van der Waals surface area contributed by atoms with Gasteiger partial charge in [-0.1, -0.05) is 57.9 Å². The van der Waals surface area contributed by atoms with Crippen LogP contribution in [0.5, 0.6) is 0 Å². The highest BCUT2D eigenvalue weighted by Gasteiger charge is 2.41. The lowest BCUT2D eigenvalue weighted by molar-refractivity contribution is -0.140. The number of hydrogen-bond acceptors (Lipinski definition) is 5. The molecular weight excluding hydrogens is 458 g/mol. The van der Waals surface area contributed by atoms with E-state index in [0.29, 0.717) is 18.0 Å². The molecule has 0 saturated carbocycles. The summed E-state index contributed by atoms with van der Waals surface area (Å²) in [6, 6.07) is 14.9. The zero-order valence-corrected chi connectivity index (χ0v) is 17.7. The third-order valence-electron chi connectivity index (χ3n) is 4.95. The molecule has 2 amide bonds. The monoisotopic (exact) mass is 475 g/mol. The van der Waals surface area contributed by atoms with Crippen LogP contribution in [0.4, 0.5) is 0 Å². The number of carbonyl (C=O) groups excluding carboxylic acids is 2. The van der Waals surface area contributed by atoms with Crippen molar-refractivity contribution >= 4 is 45.7 Å². The van der Waals surface area contributed by atoms with Crippen molar-refractivity contribution in [2.45, 2.75) is 25.0 Å². The SMILES string of the molecule is O=C(CN1N=CN2NC(c3ccc(Br)cc3)CC2C1=O)NCc1ccccc1Cl. The molecular formula is C20H19BrClN5O2. The summed E-state index contributed by atoms with van der Waals surface area (Å²) in [5.41, 5.74) is 5.20. The van der Waals surface area contributed by atoms with Gasteiger partial charge in [-0.25, -0.2) is 10.4 Å². The Balaban J connectivity index is 1.35. The van der Waals surface area contributed by atoms with Gasteiger partial charge in [0.05, 0.1) is 6.04 Å². The number of nitrogens with zero attached hydrogens (tertiary/aromatic N) is 3. The smallest absolute Gasteiger partial charge is 0.267 e. The molecule has 2 aliphatic rings. The average molecular weight is 477 g/mol. The molecule has 1 fully saturated rings. The van der Waals surface area contributed by atoms with Crippen LogP contribution >= 0.6 is 27.5 Å². The molecule has 4 rings (SSSR count). The van der Waals surface area contributed by atoms with E-state index in [-0.39, 0.29) is 24.4 Å². The summed E-state index contributed by atoms with van der Waals surface area (Å²) in [7, 11) is 0. The van der Waals surface area contributed by atoms with Gasteiger partial charge in [-0.2, -0.15) is 5.10 Å². The highest BCUT2D eigenvalue weighted by atomic mass is 79.9. The lowest BCUT2D eigenvalue weighted by atomic mass is 10.0. The van der Waals surface area contributed by atoms with Crippen molar-refractivity contribution in [3.05, 3.63) is 69.2 Å². The molecule has 0 bridgehead atoms. The molecule has 2 aliphatic heterocycles. The largest absolute Gasteiger partial charge is 0.350 e. The molecule has 29 heavy (non-hydrogen) atoms. The number of fused-ring (bicyclic) bond motifs is 1. The van der Waals surface area contributed by atoms with Crippen LogP contribution < -0.4 is 10.7 Å². The van der Waals surface area contributed by atoms with Crippen molar-refractivity contribution < 1.29 is 9.59 Å². The van der Waals surface area contributed by atoms with Crippen LogP contribution in [0, 0.1) is 0 Å². The Bertz CT molecular complexity index is 952. The minimum atomic E-state index is -0.391. The predicted molar refractivity (Wildman–Crippen MR) is 114 cm³/mol. The second kappa shape index (κ2) is 8.52. The first-order valence-electron chi connectivity index (χ1n) is 9.17. The Labute approximate surface area is 181 Å². The number of rotatable bonds is 5. The third kappa shape index (κ3) is 4.44. The van der Waals surface area contributed by atoms with Gasteiger partial charge in [0.1, 0.15) is 18.9 Å². The normalized spacial score (nSPS) is 20.7. The maximum Gasteiger partial charge on any atom is 0.267 e. The summed E-state index contributed by atoms with van der Waals surface area (Å²) in [4.78, 5) is 25.1. The van der Waals surface area contributed by atoms with E-state index in [0.717, 1.165) is 15.6 Å². The van der Waals surface area contributed by atoms with E-state index in [1.807, 2.05) is 42.5 Å². The number of nitrogens with one attached hydrogen (secondary N) is 2. The zero-order valence-electron chi connectivity index (χ0n) is 15.4. The highest BCUT2D eigenvalue weighted by molar-refractivity contribution is 9.10. The van der Waals surface area contributed by atoms with Gasteiger partial charge in [0.2, 0.25) is 5.91 Å². The first-order valence-corrected chi connectivity index (χ1v) is 10.3. The van der Waals surface area contributed by atoms with Crippen LogP contribution in [0.1, 0.15) is 23.6 Å². The topological polar surface area (TPSA) is 77.0 Å². The van der Waals surface area contributed by atoms with Gasteiger partial charge in [-0.3, -0.25) is 14.6 Å². The quantitative estimate of drug-likeness (QED) is 0.696. The molecule has 9 heteroatoms. The fourth-order valence-corrected chi connectivity index (χ4v) is 3.86. The molecule has 0 aromatic heterocycles. The number of hydrogen-bond donors (Lipinski definition) is 2. The molecule has 2 unspecified atom stereocenters. The number of carbonyl (C=O) groups is 2. The lowest BCUT2D eigenvalue weighted by Gasteiger charge is -2.29. The van der Waals surface area contributed by atoms with E-state index >= 15 is 0 Å². The molecule has 150 valence electrons. The second-order valence-corrected chi connectivity index (χ2v) is 8.21. The van der Waals surface area contributed by atoms with Crippen molar-refractivity contribution in [3.63, 3.8) is 0 Å². The van der Waals surface area contributed by atoms with E-state index in [2.05, 4.69) is 31.8 Å². The molecule has 1 saturated heterocycles. The van der Waals surface area contributed by atoms with Crippen molar-refractivity contribution in [1.82, 2.24) is 20.8 Å². The number of hydrazone groups is 1. The molecule has 2 aromatic carbocycles. The van der Waals surface area contributed by atoms with Gasteiger partial charge in [0, 0.05) is 16.0 Å². The number of halogens is 2. The highest BCUT2D eigenvalue weighted by Crippen LogP contribution is 2.30. The molecule has 2 aromatic rings. The fraction of sp³-hybridized carbons (Fsp3) is 0.250. The van der Waals surface area contributed by atoms with Crippen molar-refractivity contribution in [1.29, 1.82) is 0 Å². The van der Waals surface area contributed by atoms with E-state index in [4.69, 9.17) is 11.6 Å². The molecule has 2 N–H and O–H groups in total. The Morgan fingerprint density at radius 3 is 2.76 bits per heavy atom. The summed E-state index contributed by atoms with van der Waals surface area (Å²) in [6.07, 6.45) is 2.16. The molecule has 7 nitrogen and oxygen atoms in total. The minimum Gasteiger partial charge on any atom is -0.350 e. The first kappa shape index (κ1) is 19.9. The number of amides is 2. The zero-order chi connectivity index (χ0) is 20.4. The van der Waals surface area contributed by atoms with E-state index in [1.165, 1.54) is 5.01 Å². The van der Waals surface area contributed by atoms with Gasteiger partial charge in [0.15, 0.2) is 0 Å². The molecule has 2 heterocycles. The van der Waals surface area contributed by atoms with E-state index in [9.17, 15) is 9.59 Å². The van der Waals surface area contributed by atoms with Crippen LogP contribution in [0.2, 0.25) is 5.02 Å². The van der Waals surface area contributed by atoms with Crippen LogP contribution in [-0.2, 0) is 16.1 Å². The molecule has 2 atom stereocenters. The second-order valence-electron chi connectivity index (χ2n) is 6.89. The Morgan fingerprint density at radius 2 is 2.00 bits per heavy atom. The Morgan fingerprint density at radius 1 is 1.24 bits per heavy atom. The minimum absolute atomic E-state index is 0.0116. The fourth-order valence-electron chi connectivity index (χ4n) is 3.39. The summed E-state index contributed by atoms with van der Waals surface area (Å²) < 4.78 is 1.00. The Kier molecular flexibility index (Phi) is 5.84. The van der Waals surface area contributed by atoms with Crippen LogP contribution in [0.3, 0.4) is 0 Å². The standard InChI is InChI=1S/C20H19BrClN5O2/c21-15-7-5-13(6-8-15)17-9-18-20(29)26(24-12-27(18)25-17)11-19(28)23-10-14-3-1-2-4-16(14)22/h1-8,12,17-18,25H,9-11H2,(H,23,28). The molecule has 0 aliphatic carbocycles. The van der Waals surface area contributed by atoms with Crippen molar-refractivity contribution in [2.75, 3.05) is 6.54 Å². The van der Waals surface area contributed by atoms with Gasteiger partial charge >= 0.3 is 0 Å². The third-order valence-corrected chi connectivity index (χ3v) is 5.85. The van der Waals surface area contributed by atoms with Gasteiger partial charge in [-0.05, 0) is 35.7 Å². The first-order chi connectivity index (χ1) is 14.0. The van der Waals surface area contributed by atoms with Gasteiger partial charge in [-0.15, -0.1) is 0 Å². The maximum atomic E-state index is 12.8. The van der Waals surface area contributed by atoms with E-state index < -0.39 is 6.04 Å². The van der Waals surface area contributed by atoms with Crippen LogP contribution in [-0.4, -0.2) is 40.8 Å². The average Bonchev–Trinajstić information content (AvgIpc) is 3.15. The number of benzene rings is 2. The number of hydrazine groups is 1. The summed E-state index contributed by atoms with van der Waals surface area (Å²) >= 11 is 9.53. The lowest BCUT2D eigenvalue weighted by Crippen LogP contribution is -2.52. The Hall–Kier alpha value is -2.42. The van der Waals surface area contributed by atoms with Crippen LogP contribution in [0.15, 0.2) is 58.1 Å². The van der Waals surface area contributed by atoms with Crippen molar-refractivity contribution in [3.8, 4) is 0 Å².